The van der Waals surface area contributed by atoms with Crippen LogP contribution in [0.3, 0.4) is 0 Å². The predicted octanol–water partition coefficient (Wildman–Crippen LogP) is 4.85. The maximum atomic E-state index is 14.1. The highest BCUT2D eigenvalue weighted by atomic mass is 19.1. The number of likely N-dealkylation sites (tertiary alicyclic amines) is 1. The lowest BCUT2D eigenvalue weighted by Crippen LogP contribution is -2.32. The lowest BCUT2D eigenvalue weighted by atomic mass is 9.97. The van der Waals surface area contributed by atoms with Gasteiger partial charge in [-0.15, -0.1) is 0 Å². The van der Waals surface area contributed by atoms with Gasteiger partial charge in [-0.3, -0.25) is 9.78 Å². The van der Waals surface area contributed by atoms with Crippen LogP contribution < -0.4 is 4.74 Å². The van der Waals surface area contributed by atoms with Crippen molar-refractivity contribution in [1.82, 2.24) is 19.9 Å². The lowest BCUT2D eigenvalue weighted by Gasteiger charge is -2.27. The van der Waals surface area contributed by atoms with Gasteiger partial charge in [-0.1, -0.05) is 13.0 Å². The van der Waals surface area contributed by atoms with E-state index in [1.54, 1.807) is 18.3 Å². The van der Waals surface area contributed by atoms with E-state index in [1.165, 1.54) is 13.2 Å². The van der Waals surface area contributed by atoms with Crippen molar-refractivity contribution in [3.05, 3.63) is 71.3 Å². The molecule has 2 aromatic heterocycles. The average Bonchev–Trinajstić information content (AvgIpc) is 3.30. The molecule has 0 radical (unpaired) electrons. The molecule has 4 rings (SSSR count). The van der Waals surface area contributed by atoms with E-state index >= 15 is 0 Å². The molecule has 0 bridgehead atoms. The Hall–Kier alpha value is -3.35. The van der Waals surface area contributed by atoms with Crippen LogP contribution in [0.5, 0.6) is 5.75 Å². The number of benzene rings is 1. The SMILES string of the molecule is CCCc1ncc(-c2ccncc2C)c([C@@H]2CCCN2C(=O)Cc2ccc(OC)c(F)c2)n1. The Balaban J connectivity index is 1.67. The average molecular weight is 449 g/mol. The van der Waals surface area contributed by atoms with E-state index in [9.17, 15) is 9.18 Å². The number of aryl methyl sites for hydroxylation is 2. The lowest BCUT2D eigenvalue weighted by molar-refractivity contribution is -0.131. The molecule has 0 saturated carbocycles. The van der Waals surface area contributed by atoms with E-state index in [4.69, 9.17) is 9.72 Å². The number of carbonyl (C=O) groups is 1. The molecule has 172 valence electrons. The summed E-state index contributed by atoms with van der Waals surface area (Å²) in [5.74, 6) is 0.470. The summed E-state index contributed by atoms with van der Waals surface area (Å²) >= 11 is 0. The van der Waals surface area contributed by atoms with Crippen molar-refractivity contribution in [2.24, 2.45) is 0 Å². The molecular weight excluding hydrogens is 419 g/mol. The molecule has 1 aliphatic rings. The first-order chi connectivity index (χ1) is 16.0. The monoisotopic (exact) mass is 448 g/mol. The van der Waals surface area contributed by atoms with Crippen molar-refractivity contribution in [2.45, 2.75) is 52.0 Å². The van der Waals surface area contributed by atoms with Gasteiger partial charge in [0.2, 0.25) is 5.91 Å². The molecule has 1 atom stereocenters. The number of rotatable bonds is 7. The van der Waals surface area contributed by atoms with Gasteiger partial charge in [0.1, 0.15) is 5.82 Å². The first-order valence-electron chi connectivity index (χ1n) is 11.4. The maximum Gasteiger partial charge on any atom is 0.227 e. The number of nitrogens with zero attached hydrogens (tertiary/aromatic N) is 4. The van der Waals surface area contributed by atoms with E-state index < -0.39 is 5.82 Å². The quantitative estimate of drug-likeness (QED) is 0.517. The Morgan fingerprint density at radius 2 is 2.09 bits per heavy atom. The third kappa shape index (κ3) is 4.87. The van der Waals surface area contributed by atoms with Gasteiger partial charge in [-0.05, 0) is 61.1 Å². The molecule has 1 aromatic carbocycles. The van der Waals surface area contributed by atoms with Crippen LogP contribution in [0.25, 0.3) is 11.1 Å². The largest absolute Gasteiger partial charge is 0.494 e. The van der Waals surface area contributed by atoms with Gasteiger partial charge >= 0.3 is 0 Å². The van der Waals surface area contributed by atoms with Gasteiger partial charge in [0.05, 0.1) is 25.3 Å². The summed E-state index contributed by atoms with van der Waals surface area (Å²) in [6, 6.07) is 6.50. The second-order valence-corrected chi connectivity index (χ2v) is 8.42. The van der Waals surface area contributed by atoms with E-state index in [2.05, 4.69) is 16.9 Å². The number of aromatic nitrogens is 3. The summed E-state index contributed by atoms with van der Waals surface area (Å²) in [4.78, 5) is 28.9. The highest BCUT2D eigenvalue weighted by Crippen LogP contribution is 2.37. The van der Waals surface area contributed by atoms with Gasteiger partial charge in [0.15, 0.2) is 11.6 Å². The van der Waals surface area contributed by atoms with Crippen LogP contribution in [0, 0.1) is 12.7 Å². The zero-order chi connectivity index (χ0) is 23.4. The molecule has 1 aliphatic heterocycles. The fourth-order valence-electron chi connectivity index (χ4n) is 4.46. The number of amides is 1. The van der Waals surface area contributed by atoms with E-state index in [1.807, 2.05) is 30.3 Å². The number of hydrogen-bond acceptors (Lipinski definition) is 5. The van der Waals surface area contributed by atoms with Gasteiger partial charge in [0.25, 0.3) is 0 Å². The first kappa shape index (κ1) is 22.8. The molecule has 7 heteroatoms. The zero-order valence-corrected chi connectivity index (χ0v) is 19.3. The summed E-state index contributed by atoms with van der Waals surface area (Å²) < 4.78 is 19.1. The molecule has 3 heterocycles. The highest BCUT2D eigenvalue weighted by molar-refractivity contribution is 5.80. The Bertz CT molecular complexity index is 1150. The number of pyridine rings is 1. The topological polar surface area (TPSA) is 68.2 Å². The molecule has 0 N–H and O–H groups in total. The second kappa shape index (κ2) is 10.1. The molecule has 1 saturated heterocycles. The Kier molecular flexibility index (Phi) is 6.96. The van der Waals surface area contributed by atoms with Crippen molar-refractivity contribution >= 4 is 5.91 Å². The van der Waals surface area contributed by atoms with Crippen molar-refractivity contribution in [3.8, 4) is 16.9 Å². The van der Waals surface area contributed by atoms with Gasteiger partial charge in [-0.2, -0.15) is 0 Å². The maximum absolute atomic E-state index is 14.1. The number of carbonyl (C=O) groups excluding carboxylic acids is 1. The third-order valence-corrected chi connectivity index (χ3v) is 6.11. The number of hydrogen-bond donors (Lipinski definition) is 0. The predicted molar refractivity (Wildman–Crippen MR) is 124 cm³/mol. The molecule has 3 aromatic rings. The van der Waals surface area contributed by atoms with Crippen LogP contribution in [-0.4, -0.2) is 39.4 Å². The Morgan fingerprint density at radius 1 is 1.24 bits per heavy atom. The van der Waals surface area contributed by atoms with E-state index in [0.29, 0.717) is 12.1 Å². The summed E-state index contributed by atoms with van der Waals surface area (Å²) in [5.41, 5.74) is 4.52. The zero-order valence-electron chi connectivity index (χ0n) is 19.3. The third-order valence-electron chi connectivity index (χ3n) is 6.11. The molecule has 0 aliphatic carbocycles. The molecule has 33 heavy (non-hydrogen) atoms. The second-order valence-electron chi connectivity index (χ2n) is 8.42. The first-order valence-corrected chi connectivity index (χ1v) is 11.4. The van der Waals surface area contributed by atoms with E-state index in [0.717, 1.165) is 53.9 Å². The summed E-state index contributed by atoms with van der Waals surface area (Å²) in [6.07, 6.45) is 9.08. The minimum Gasteiger partial charge on any atom is -0.494 e. The van der Waals surface area contributed by atoms with Gasteiger partial charge in [-0.25, -0.2) is 14.4 Å². The van der Waals surface area contributed by atoms with Gasteiger partial charge < -0.3 is 9.64 Å². The Labute approximate surface area is 193 Å². The van der Waals surface area contributed by atoms with Crippen molar-refractivity contribution in [3.63, 3.8) is 0 Å². The standard InChI is InChI=1S/C26H29FN4O2/c1-4-6-24-29-16-20(19-10-11-28-15-17(19)2)26(30-24)22-7-5-12-31(22)25(32)14-18-8-9-23(33-3)21(27)13-18/h8-11,13,15-16,22H,4-7,12,14H2,1-3H3/t22-/m0/s1. The minimum absolute atomic E-state index is 0.0323. The van der Waals surface area contributed by atoms with Crippen LogP contribution in [-0.2, 0) is 17.6 Å². The van der Waals surface area contributed by atoms with Gasteiger partial charge in [0, 0.05) is 37.1 Å². The van der Waals surface area contributed by atoms with Crippen LogP contribution >= 0.6 is 0 Å². The molecule has 1 fully saturated rings. The molecule has 0 unspecified atom stereocenters. The molecule has 0 spiro atoms. The Morgan fingerprint density at radius 3 is 2.82 bits per heavy atom. The smallest absolute Gasteiger partial charge is 0.227 e. The highest BCUT2D eigenvalue weighted by Gasteiger charge is 2.33. The number of ether oxygens (including phenoxy) is 1. The van der Waals surface area contributed by atoms with Crippen molar-refractivity contribution in [1.29, 1.82) is 0 Å². The molecule has 1 amide bonds. The van der Waals surface area contributed by atoms with Crippen molar-refractivity contribution < 1.29 is 13.9 Å². The van der Waals surface area contributed by atoms with Crippen molar-refractivity contribution in [2.75, 3.05) is 13.7 Å². The summed E-state index contributed by atoms with van der Waals surface area (Å²) in [7, 11) is 1.43. The minimum atomic E-state index is -0.462. The molecule has 6 nitrogen and oxygen atoms in total. The number of methoxy groups -OCH3 is 1. The van der Waals surface area contributed by atoms with Crippen LogP contribution in [0.4, 0.5) is 4.39 Å². The van der Waals surface area contributed by atoms with Crippen LogP contribution in [0.1, 0.15) is 54.9 Å². The van der Waals surface area contributed by atoms with Crippen LogP contribution in [0.15, 0.2) is 42.9 Å². The fourth-order valence-corrected chi connectivity index (χ4v) is 4.46. The summed E-state index contributed by atoms with van der Waals surface area (Å²) in [5, 5.41) is 0. The fraction of sp³-hybridized carbons (Fsp3) is 0.385. The van der Waals surface area contributed by atoms with Crippen LogP contribution in [0.2, 0.25) is 0 Å². The number of halogens is 1. The summed E-state index contributed by atoms with van der Waals surface area (Å²) in [6.45, 7) is 4.77. The van der Waals surface area contributed by atoms with E-state index in [-0.39, 0.29) is 24.1 Å². The molecular formula is C26H29FN4O2. The normalized spacial score (nSPS) is 15.6.